The lowest BCUT2D eigenvalue weighted by Gasteiger charge is -2.29. The van der Waals surface area contributed by atoms with Crippen molar-refractivity contribution in [3.63, 3.8) is 0 Å². The van der Waals surface area contributed by atoms with Gasteiger partial charge in [-0.1, -0.05) is 19.8 Å². The van der Waals surface area contributed by atoms with Crippen LogP contribution >= 0.6 is 11.6 Å². The summed E-state index contributed by atoms with van der Waals surface area (Å²) in [6.45, 7) is 2.45. The van der Waals surface area contributed by atoms with Crippen LogP contribution in [-0.4, -0.2) is 21.5 Å². The number of nitrogens with one attached hydrogen (secondary N) is 1. The number of rotatable bonds is 3. The molecule has 1 aliphatic carbocycles. The van der Waals surface area contributed by atoms with Gasteiger partial charge in [0.2, 0.25) is 11.2 Å². The molecule has 1 heterocycles. The minimum Gasteiger partial charge on any atom is -0.352 e. The van der Waals surface area contributed by atoms with E-state index < -0.39 is 0 Å². The molecular weight excluding hydrogens is 238 g/mol. The van der Waals surface area contributed by atoms with Crippen molar-refractivity contribution in [3.8, 4) is 0 Å². The van der Waals surface area contributed by atoms with Crippen LogP contribution in [0.1, 0.15) is 32.6 Å². The molecule has 1 saturated carbocycles. The van der Waals surface area contributed by atoms with Crippen LogP contribution in [0, 0.1) is 5.92 Å². The van der Waals surface area contributed by atoms with Crippen LogP contribution in [0.5, 0.6) is 0 Å². The Balaban J connectivity index is 1.86. The van der Waals surface area contributed by atoms with Crippen LogP contribution in [0.3, 0.4) is 0 Å². The Kier molecular flexibility index (Phi) is 4.05. The van der Waals surface area contributed by atoms with E-state index in [1.54, 1.807) is 17.0 Å². The Hall–Kier alpha value is -1.03. The topological polar surface area (TPSA) is 46.9 Å². The second-order valence-electron chi connectivity index (χ2n) is 4.76. The number of hydrogen-bond donors (Lipinski definition) is 1. The molecule has 0 spiro atoms. The van der Waals surface area contributed by atoms with E-state index in [1.807, 2.05) is 0 Å². The van der Waals surface area contributed by atoms with Gasteiger partial charge in [0.05, 0.1) is 0 Å². The van der Waals surface area contributed by atoms with Crippen LogP contribution in [0.4, 0.5) is 0 Å². The molecule has 2 atom stereocenters. The maximum Gasteiger partial charge on any atom is 0.240 e. The highest BCUT2D eigenvalue weighted by molar-refractivity contribution is 6.28. The normalized spacial score (nSPS) is 24.6. The SMILES string of the molecule is CC1CCCCC1NC(=O)Cn1ccnc1Cl. The molecule has 0 bridgehead atoms. The highest BCUT2D eigenvalue weighted by Gasteiger charge is 2.22. The fourth-order valence-electron chi connectivity index (χ4n) is 2.37. The summed E-state index contributed by atoms with van der Waals surface area (Å²) in [5.41, 5.74) is 0. The van der Waals surface area contributed by atoms with E-state index in [-0.39, 0.29) is 12.5 Å². The quantitative estimate of drug-likeness (QED) is 0.900. The van der Waals surface area contributed by atoms with Crippen molar-refractivity contribution in [1.29, 1.82) is 0 Å². The molecule has 1 aromatic rings. The molecule has 0 saturated heterocycles. The van der Waals surface area contributed by atoms with Crippen LogP contribution in [0.15, 0.2) is 12.4 Å². The Bertz CT molecular complexity index is 391. The minimum absolute atomic E-state index is 0.0173. The largest absolute Gasteiger partial charge is 0.352 e. The first-order valence-electron chi connectivity index (χ1n) is 6.13. The summed E-state index contributed by atoms with van der Waals surface area (Å²) < 4.78 is 1.64. The lowest BCUT2D eigenvalue weighted by atomic mass is 9.86. The first kappa shape index (κ1) is 12.4. The average molecular weight is 256 g/mol. The van der Waals surface area contributed by atoms with E-state index in [9.17, 15) is 4.79 Å². The zero-order chi connectivity index (χ0) is 12.3. The van der Waals surface area contributed by atoms with Gasteiger partial charge in [0.15, 0.2) is 0 Å². The zero-order valence-electron chi connectivity index (χ0n) is 10.0. The number of nitrogens with zero attached hydrogens (tertiary/aromatic N) is 2. The summed E-state index contributed by atoms with van der Waals surface area (Å²) in [5, 5.41) is 3.45. The lowest BCUT2D eigenvalue weighted by molar-refractivity contribution is -0.122. The van der Waals surface area contributed by atoms with E-state index in [0.717, 1.165) is 6.42 Å². The van der Waals surface area contributed by atoms with Gasteiger partial charge in [0, 0.05) is 18.4 Å². The van der Waals surface area contributed by atoms with Crippen LogP contribution in [-0.2, 0) is 11.3 Å². The van der Waals surface area contributed by atoms with Gasteiger partial charge in [-0.25, -0.2) is 4.98 Å². The fourth-order valence-corrected chi connectivity index (χ4v) is 2.54. The van der Waals surface area contributed by atoms with Crippen molar-refractivity contribution in [2.24, 2.45) is 5.92 Å². The van der Waals surface area contributed by atoms with Gasteiger partial charge in [0.1, 0.15) is 6.54 Å². The van der Waals surface area contributed by atoms with E-state index in [0.29, 0.717) is 17.2 Å². The molecule has 0 aromatic carbocycles. The molecule has 1 aliphatic rings. The standard InChI is InChI=1S/C12H18ClN3O/c1-9-4-2-3-5-10(9)15-11(17)8-16-7-6-14-12(16)13/h6-7,9-10H,2-5,8H2,1H3,(H,15,17). The van der Waals surface area contributed by atoms with Gasteiger partial charge in [-0.2, -0.15) is 0 Å². The number of hydrogen-bond acceptors (Lipinski definition) is 2. The van der Waals surface area contributed by atoms with E-state index >= 15 is 0 Å². The van der Waals surface area contributed by atoms with Crippen LogP contribution < -0.4 is 5.32 Å². The van der Waals surface area contributed by atoms with Crippen LogP contribution in [0.25, 0.3) is 0 Å². The summed E-state index contributed by atoms with van der Waals surface area (Å²) in [4.78, 5) is 15.7. The first-order chi connectivity index (χ1) is 8.16. The number of amides is 1. The molecule has 1 fully saturated rings. The van der Waals surface area contributed by atoms with Crippen molar-refractivity contribution in [3.05, 3.63) is 17.7 Å². The third-order valence-corrected chi connectivity index (χ3v) is 3.75. The number of imidazole rings is 1. The molecule has 0 radical (unpaired) electrons. The van der Waals surface area contributed by atoms with Gasteiger partial charge >= 0.3 is 0 Å². The van der Waals surface area contributed by atoms with Crippen molar-refractivity contribution < 1.29 is 4.79 Å². The Morgan fingerprint density at radius 3 is 3.00 bits per heavy atom. The summed E-state index contributed by atoms with van der Waals surface area (Å²) in [6, 6.07) is 0.318. The number of halogens is 1. The molecule has 2 rings (SSSR count). The average Bonchev–Trinajstić information content (AvgIpc) is 2.68. The maximum atomic E-state index is 11.9. The predicted octanol–water partition coefficient (Wildman–Crippen LogP) is 2.23. The number of carbonyl (C=O) groups is 1. The van der Waals surface area contributed by atoms with Crippen molar-refractivity contribution in [2.75, 3.05) is 0 Å². The van der Waals surface area contributed by atoms with E-state index in [2.05, 4.69) is 17.2 Å². The molecule has 1 N–H and O–H groups in total. The molecular formula is C12H18ClN3O. The third kappa shape index (κ3) is 3.22. The molecule has 0 aliphatic heterocycles. The molecule has 5 heteroatoms. The predicted molar refractivity (Wildman–Crippen MR) is 66.8 cm³/mol. The fraction of sp³-hybridized carbons (Fsp3) is 0.667. The van der Waals surface area contributed by atoms with E-state index in [4.69, 9.17) is 11.6 Å². The lowest BCUT2D eigenvalue weighted by Crippen LogP contribution is -2.42. The molecule has 1 amide bonds. The summed E-state index contributed by atoms with van der Waals surface area (Å²) in [7, 11) is 0. The van der Waals surface area contributed by atoms with Gasteiger partial charge in [0.25, 0.3) is 0 Å². The minimum atomic E-state index is 0.0173. The highest BCUT2D eigenvalue weighted by atomic mass is 35.5. The van der Waals surface area contributed by atoms with E-state index in [1.165, 1.54) is 19.3 Å². The monoisotopic (exact) mass is 255 g/mol. The first-order valence-corrected chi connectivity index (χ1v) is 6.50. The third-order valence-electron chi connectivity index (χ3n) is 3.44. The van der Waals surface area contributed by atoms with Gasteiger partial charge in [-0.05, 0) is 30.4 Å². The molecule has 94 valence electrons. The number of aromatic nitrogens is 2. The Labute approximate surface area is 106 Å². The Morgan fingerprint density at radius 2 is 2.35 bits per heavy atom. The zero-order valence-corrected chi connectivity index (χ0v) is 10.8. The summed E-state index contributed by atoms with van der Waals surface area (Å²) in [5.74, 6) is 0.592. The van der Waals surface area contributed by atoms with Crippen molar-refractivity contribution >= 4 is 17.5 Å². The number of carbonyl (C=O) groups excluding carboxylic acids is 1. The Morgan fingerprint density at radius 1 is 1.59 bits per heavy atom. The van der Waals surface area contributed by atoms with Crippen LogP contribution in [0.2, 0.25) is 5.28 Å². The van der Waals surface area contributed by atoms with Gasteiger partial charge in [-0.15, -0.1) is 0 Å². The smallest absolute Gasteiger partial charge is 0.240 e. The maximum absolute atomic E-state index is 11.9. The molecule has 1 aromatic heterocycles. The highest BCUT2D eigenvalue weighted by Crippen LogP contribution is 2.23. The summed E-state index contributed by atoms with van der Waals surface area (Å²) >= 11 is 5.83. The molecule has 2 unspecified atom stereocenters. The molecule has 4 nitrogen and oxygen atoms in total. The second-order valence-corrected chi connectivity index (χ2v) is 5.10. The second kappa shape index (κ2) is 5.54. The molecule has 17 heavy (non-hydrogen) atoms. The summed E-state index contributed by atoms with van der Waals surface area (Å²) in [6.07, 6.45) is 8.09. The van der Waals surface area contributed by atoms with Crippen molar-refractivity contribution in [2.45, 2.75) is 45.2 Å². The van der Waals surface area contributed by atoms with Crippen molar-refractivity contribution in [1.82, 2.24) is 14.9 Å². The van der Waals surface area contributed by atoms with Gasteiger partial charge < -0.3 is 9.88 Å². The van der Waals surface area contributed by atoms with Gasteiger partial charge in [-0.3, -0.25) is 4.79 Å².